The number of amides is 2. The smallest absolute Gasteiger partial charge is 0.246 e. The summed E-state index contributed by atoms with van der Waals surface area (Å²) < 4.78 is 5.31. The van der Waals surface area contributed by atoms with Gasteiger partial charge in [0.1, 0.15) is 5.75 Å². The Morgan fingerprint density at radius 3 is 2.74 bits per heavy atom. The summed E-state index contributed by atoms with van der Waals surface area (Å²) in [4.78, 5) is 25.6. The average Bonchev–Trinajstić information content (AvgIpc) is 2.53. The molecule has 124 valence electrons. The van der Waals surface area contributed by atoms with E-state index in [4.69, 9.17) is 10.5 Å². The number of rotatable bonds is 4. The molecule has 2 atom stereocenters. The lowest BCUT2D eigenvalue weighted by Crippen LogP contribution is -2.48. The summed E-state index contributed by atoms with van der Waals surface area (Å²) in [5, 5.41) is 0. The zero-order valence-corrected chi connectivity index (χ0v) is 13.9. The van der Waals surface area contributed by atoms with Crippen LogP contribution >= 0.6 is 0 Å². The van der Waals surface area contributed by atoms with Crippen molar-refractivity contribution in [1.82, 2.24) is 4.90 Å². The first-order valence-corrected chi connectivity index (χ1v) is 7.85. The fourth-order valence-electron chi connectivity index (χ4n) is 2.89. The van der Waals surface area contributed by atoms with E-state index in [2.05, 4.69) is 0 Å². The Morgan fingerprint density at radius 1 is 1.35 bits per heavy atom. The molecule has 0 aliphatic carbocycles. The van der Waals surface area contributed by atoms with Crippen molar-refractivity contribution < 1.29 is 14.3 Å². The number of benzene rings is 1. The van der Waals surface area contributed by atoms with Crippen molar-refractivity contribution in [2.45, 2.75) is 32.7 Å². The molecule has 0 aromatic heterocycles. The fraction of sp³-hybridized carbons (Fsp3) is 0.444. The standard InChI is InChI=1S/C18H24N2O3/c1-12-4-8-16(23-3)14(10-12)7-9-17(21)20-11-15(18(19)22)6-5-13(20)2/h4,7-10,13,15H,5-6,11H2,1-3H3,(H2,19,22). The fourth-order valence-corrected chi connectivity index (χ4v) is 2.89. The third-order valence-corrected chi connectivity index (χ3v) is 4.36. The van der Waals surface area contributed by atoms with Crippen molar-refractivity contribution in [1.29, 1.82) is 0 Å². The van der Waals surface area contributed by atoms with Crippen LogP contribution in [0.4, 0.5) is 0 Å². The topological polar surface area (TPSA) is 72.6 Å². The highest BCUT2D eigenvalue weighted by Gasteiger charge is 2.30. The zero-order chi connectivity index (χ0) is 17.0. The van der Waals surface area contributed by atoms with Crippen molar-refractivity contribution >= 4 is 17.9 Å². The van der Waals surface area contributed by atoms with Crippen LogP contribution in [-0.2, 0) is 9.59 Å². The lowest BCUT2D eigenvalue weighted by Gasteiger charge is -2.36. The number of methoxy groups -OCH3 is 1. The summed E-state index contributed by atoms with van der Waals surface area (Å²) in [5.74, 6) is 0.0319. The Kier molecular flexibility index (Phi) is 5.42. The maximum Gasteiger partial charge on any atom is 0.246 e. The summed E-state index contributed by atoms with van der Waals surface area (Å²) in [6.07, 6.45) is 4.84. The number of hydrogen-bond acceptors (Lipinski definition) is 3. The Bertz CT molecular complexity index is 625. The van der Waals surface area contributed by atoms with Gasteiger partial charge in [0.15, 0.2) is 0 Å². The molecule has 2 N–H and O–H groups in total. The van der Waals surface area contributed by atoms with Gasteiger partial charge in [0.25, 0.3) is 0 Å². The van der Waals surface area contributed by atoms with Crippen molar-refractivity contribution in [2.24, 2.45) is 11.7 Å². The van der Waals surface area contributed by atoms with Crippen LogP contribution in [0.15, 0.2) is 24.3 Å². The second-order valence-electron chi connectivity index (χ2n) is 6.10. The van der Waals surface area contributed by atoms with Crippen molar-refractivity contribution in [3.8, 4) is 5.75 Å². The molecule has 2 unspecified atom stereocenters. The summed E-state index contributed by atoms with van der Waals surface area (Å²) in [6, 6.07) is 5.92. The highest BCUT2D eigenvalue weighted by atomic mass is 16.5. The monoisotopic (exact) mass is 316 g/mol. The molecule has 0 saturated carbocycles. The van der Waals surface area contributed by atoms with Crippen LogP contribution < -0.4 is 10.5 Å². The minimum Gasteiger partial charge on any atom is -0.496 e. The van der Waals surface area contributed by atoms with Crippen molar-refractivity contribution in [3.05, 3.63) is 35.4 Å². The highest BCUT2D eigenvalue weighted by molar-refractivity contribution is 5.93. The second kappa shape index (κ2) is 7.31. The van der Waals surface area contributed by atoms with E-state index in [9.17, 15) is 9.59 Å². The molecule has 0 radical (unpaired) electrons. The first kappa shape index (κ1) is 17.1. The van der Waals surface area contributed by atoms with Crippen molar-refractivity contribution in [3.63, 3.8) is 0 Å². The molecule has 1 saturated heterocycles. The minimum atomic E-state index is -0.334. The third kappa shape index (κ3) is 4.12. The van der Waals surface area contributed by atoms with Gasteiger partial charge >= 0.3 is 0 Å². The first-order valence-electron chi connectivity index (χ1n) is 7.85. The van der Waals surface area contributed by atoms with Gasteiger partial charge in [-0.1, -0.05) is 11.6 Å². The maximum absolute atomic E-state index is 12.5. The Labute approximate surface area is 137 Å². The predicted molar refractivity (Wildman–Crippen MR) is 89.9 cm³/mol. The van der Waals surface area contributed by atoms with Gasteiger partial charge in [0.2, 0.25) is 11.8 Å². The number of primary amides is 1. The molecule has 1 heterocycles. The van der Waals surface area contributed by atoms with Gasteiger partial charge in [0.05, 0.1) is 13.0 Å². The first-order chi connectivity index (χ1) is 10.9. The Hall–Kier alpha value is -2.30. The van der Waals surface area contributed by atoms with E-state index in [1.807, 2.05) is 32.0 Å². The zero-order valence-electron chi connectivity index (χ0n) is 13.9. The van der Waals surface area contributed by atoms with Crippen LogP contribution in [0.1, 0.15) is 30.9 Å². The van der Waals surface area contributed by atoms with Gasteiger partial charge in [-0.25, -0.2) is 0 Å². The van der Waals surface area contributed by atoms with Crippen LogP contribution in [0.3, 0.4) is 0 Å². The molecule has 2 amide bonds. The molecule has 1 fully saturated rings. The quantitative estimate of drug-likeness (QED) is 0.865. The normalized spacial score (nSPS) is 21.4. The van der Waals surface area contributed by atoms with Crippen LogP contribution in [-0.4, -0.2) is 36.4 Å². The number of hydrogen-bond donors (Lipinski definition) is 1. The van der Waals surface area contributed by atoms with Gasteiger partial charge in [-0.3, -0.25) is 9.59 Å². The van der Waals surface area contributed by atoms with Crippen LogP contribution in [0.25, 0.3) is 6.08 Å². The van der Waals surface area contributed by atoms with Gasteiger partial charge in [-0.05, 0) is 44.9 Å². The summed E-state index contributed by atoms with van der Waals surface area (Å²) in [6.45, 7) is 4.38. The molecule has 23 heavy (non-hydrogen) atoms. The SMILES string of the molecule is COc1ccc(C)cc1C=CC(=O)N1CC(C(N)=O)CCC1C. The summed E-state index contributed by atoms with van der Waals surface area (Å²) >= 11 is 0. The van der Waals surface area contributed by atoms with E-state index in [-0.39, 0.29) is 23.8 Å². The molecule has 2 rings (SSSR count). The highest BCUT2D eigenvalue weighted by Crippen LogP contribution is 2.24. The number of nitrogens with zero attached hydrogens (tertiary/aromatic N) is 1. The van der Waals surface area contributed by atoms with E-state index in [1.165, 1.54) is 6.08 Å². The molecular formula is C18H24N2O3. The molecule has 1 aliphatic heterocycles. The van der Waals surface area contributed by atoms with Crippen LogP contribution in [0.5, 0.6) is 5.75 Å². The van der Waals surface area contributed by atoms with Crippen LogP contribution in [0.2, 0.25) is 0 Å². The summed E-state index contributed by atoms with van der Waals surface area (Å²) in [7, 11) is 1.61. The van der Waals surface area contributed by atoms with E-state index >= 15 is 0 Å². The minimum absolute atomic E-state index is 0.105. The Morgan fingerprint density at radius 2 is 2.09 bits per heavy atom. The largest absolute Gasteiger partial charge is 0.496 e. The molecule has 5 heteroatoms. The number of carbonyl (C=O) groups is 2. The molecule has 0 spiro atoms. The lowest BCUT2D eigenvalue weighted by atomic mass is 9.93. The molecule has 0 bridgehead atoms. The number of aryl methyl sites for hydroxylation is 1. The molecule has 1 aliphatic rings. The van der Waals surface area contributed by atoms with Crippen LogP contribution in [0, 0.1) is 12.8 Å². The van der Waals surface area contributed by atoms with Gasteiger partial charge in [-0.2, -0.15) is 0 Å². The van der Waals surface area contributed by atoms with E-state index in [0.29, 0.717) is 6.54 Å². The lowest BCUT2D eigenvalue weighted by molar-refractivity contribution is -0.133. The van der Waals surface area contributed by atoms with Gasteiger partial charge in [0, 0.05) is 24.2 Å². The maximum atomic E-state index is 12.5. The molecular weight excluding hydrogens is 292 g/mol. The number of piperidine rings is 1. The number of carbonyl (C=O) groups excluding carboxylic acids is 2. The van der Waals surface area contributed by atoms with Crippen molar-refractivity contribution in [2.75, 3.05) is 13.7 Å². The number of nitrogens with two attached hydrogens (primary N) is 1. The van der Waals surface area contributed by atoms with E-state index in [0.717, 1.165) is 29.7 Å². The molecule has 5 nitrogen and oxygen atoms in total. The third-order valence-electron chi connectivity index (χ3n) is 4.36. The van der Waals surface area contributed by atoms with E-state index < -0.39 is 0 Å². The van der Waals surface area contributed by atoms with E-state index in [1.54, 1.807) is 18.1 Å². The summed E-state index contributed by atoms with van der Waals surface area (Å²) in [5.41, 5.74) is 7.34. The Balaban J connectivity index is 2.14. The average molecular weight is 316 g/mol. The predicted octanol–water partition coefficient (Wildman–Crippen LogP) is 2.13. The molecule has 1 aromatic rings. The van der Waals surface area contributed by atoms with Gasteiger partial charge < -0.3 is 15.4 Å². The number of likely N-dealkylation sites (tertiary alicyclic amines) is 1. The van der Waals surface area contributed by atoms with Gasteiger partial charge in [-0.15, -0.1) is 0 Å². The second-order valence-corrected chi connectivity index (χ2v) is 6.10. The number of ether oxygens (including phenoxy) is 1. The molecule has 1 aromatic carbocycles.